The van der Waals surface area contributed by atoms with E-state index in [1.54, 1.807) is 17.5 Å². The summed E-state index contributed by atoms with van der Waals surface area (Å²) in [6.45, 7) is 2.81. The molecule has 3 amide bonds. The summed E-state index contributed by atoms with van der Waals surface area (Å²) in [7, 11) is 0. The van der Waals surface area contributed by atoms with Gasteiger partial charge in [0.05, 0.1) is 16.6 Å². The molecule has 1 fully saturated rings. The van der Waals surface area contributed by atoms with Crippen molar-refractivity contribution in [1.82, 2.24) is 20.5 Å². The van der Waals surface area contributed by atoms with E-state index >= 15 is 0 Å². The maximum Gasteiger partial charge on any atom is 0.317 e. The van der Waals surface area contributed by atoms with Crippen LogP contribution in [0.15, 0.2) is 41.3 Å². The van der Waals surface area contributed by atoms with Crippen molar-refractivity contribution in [2.45, 2.75) is 50.9 Å². The van der Waals surface area contributed by atoms with Gasteiger partial charge in [0.25, 0.3) is 5.91 Å². The molecule has 2 heterocycles. The Morgan fingerprint density at radius 3 is 2.74 bits per heavy atom. The van der Waals surface area contributed by atoms with Gasteiger partial charge in [0, 0.05) is 30.9 Å². The fraction of sp³-hybridized carbons (Fsp3) is 0.500. The molecule has 188 valence electrons. The topological polar surface area (TPSA) is 83.6 Å². The van der Waals surface area contributed by atoms with Crippen molar-refractivity contribution in [2.75, 3.05) is 32.8 Å². The Balaban J connectivity index is 1.15. The Hall–Kier alpha value is -2.58. The van der Waals surface area contributed by atoms with Crippen molar-refractivity contribution in [3.63, 3.8) is 0 Å². The largest absolute Gasteiger partial charge is 0.490 e. The molecule has 1 aromatic carbocycles. The highest BCUT2D eigenvalue weighted by atomic mass is 35.5. The summed E-state index contributed by atoms with van der Waals surface area (Å²) in [5, 5.41) is 9.23. The van der Waals surface area contributed by atoms with Crippen LogP contribution in [0.3, 0.4) is 0 Å². The molecule has 0 saturated carbocycles. The lowest BCUT2D eigenvalue weighted by Gasteiger charge is -2.31. The number of nitrogens with zero attached hydrogens (tertiary/aromatic N) is 2. The summed E-state index contributed by atoms with van der Waals surface area (Å²) in [5.41, 5.74) is 1.91. The third-order valence-electron chi connectivity index (χ3n) is 6.48. The third-order valence-corrected chi connectivity index (χ3v) is 7.79. The van der Waals surface area contributed by atoms with Crippen LogP contribution in [-0.2, 0) is 0 Å². The third kappa shape index (κ3) is 7.45. The zero-order valence-electron chi connectivity index (χ0n) is 19.9. The van der Waals surface area contributed by atoms with Crippen molar-refractivity contribution >= 4 is 34.9 Å². The van der Waals surface area contributed by atoms with E-state index in [0.29, 0.717) is 49.3 Å². The van der Waals surface area contributed by atoms with Gasteiger partial charge in [-0.25, -0.2) is 9.78 Å². The fourth-order valence-electron chi connectivity index (χ4n) is 4.46. The van der Waals surface area contributed by atoms with Gasteiger partial charge >= 0.3 is 6.03 Å². The molecule has 1 aromatic heterocycles. The van der Waals surface area contributed by atoms with Crippen LogP contribution in [0.1, 0.15) is 66.4 Å². The van der Waals surface area contributed by atoms with Gasteiger partial charge < -0.3 is 20.3 Å². The second kappa shape index (κ2) is 12.9. The molecule has 2 N–H and O–H groups in total. The van der Waals surface area contributed by atoms with Gasteiger partial charge in [-0.1, -0.05) is 35.4 Å². The molecule has 7 nitrogen and oxygen atoms in total. The molecule has 2 aliphatic rings. The van der Waals surface area contributed by atoms with Gasteiger partial charge in [0.1, 0.15) is 18.1 Å². The number of allylic oxidation sites excluding steroid dienone is 1. The van der Waals surface area contributed by atoms with E-state index in [9.17, 15) is 9.59 Å². The first-order valence-electron chi connectivity index (χ1n) is 12.4. The quantitative estimate of drug-likeness (QED) is 0.346. The van der Waals surface area contributed by atoms with Gasteiger partial charge in [-0.15, -0.1) is 11.3 Å². The van der Waals surface area contributed by atoms with Crippen molar-refractivity contribution in [3.05, 3.63) is 57.0 Å². The highest BCUT2D eigenvalue weighted by Crippen LogP contribution is 2.30. The number of urea groups is 1. The maximum atomic E-state index is 12.5. The van der Waals surface area contributed by atoms with E-state index in [1.807, 2.05) is 17.0 Å². The fourth-order valence-corrected chi connectivity index (χ4v) is 5.62. The van der Waals surface area contributed by atoms with Gasteiger partial charge in [-0.05, 0) is 57.1 Å². The van der Waals surface area contributed by atoms with Crippen LogP contribution < -0.4 is 15.4 Å². The predicted octanol–water partition coefficient (Wildman–Crippen LogP) is 5.38. The van der Waals surface area contributed by atoms with Gasteiger partial charge in [-0.2, -0.15) is 0 Å². The molecule has 1 saturated heterocycles. The van der Waals surface area contributed by atoms with Crippen LogP contribution in [0.25, 0.3) is 0 Å². The molecule has 35 heavy (non-hydrogen) atoms. The first-order chi connectivity index (χ1) is 17.1. The molecule has 0 radical (unpaired) electrons. The van der Waals surface area contributed by atoms with Crippen molar-refractivity contribution in [3.8, 4) is 5.75 Å². The minimum absolute atomic E-state index is 0.0260. The summed E-state index contributed by atoms with van der Waals surface area (Å²) < 4.78 is 5.60. The van der Waals surface area contributed by atoms with Crippen LogP contribution in [0.4, 0.5) is 4.79 Å². The highest BCUT2D eigenvalue weighted by molar-refractivity contribution is 7.09. The minimum atomic E-state index is -0.208. The number of hydrogen-bond donors (Lipinski definition) is 2. The Morgan fingerprint density at radius 2 is 1.97 bits per heavy atom. The number of nitrogens with one attached hydrogen (secondary N) is 2. The number of benzene rings is 1. The van der Waals surface area contributed by atoms with E-state index in [1.165, 1.54) is 42.6 Å². The summed E-state index contributed by atoms with van der Waals surface area (Å²) >= 11 is 7.58. The highest BCUT2D eigenvalue weighted by Gasteiger charge is 2.26. The lowest BCUT2D eigenvalue weighted by Crippen LogP contribution is -2.44. The van der Waals surface area contributed by atoms with Crippen LogP contribution in [0.5, 0.6) is 5.75 Å². The zero-order valence-corrected chi connectivity index (χ0v) is 21.5. The molecule has 0 spiro atoms. The number of ether oxygens (including phenoxy) is 1. The van der Waals surface area contributed by atoms with Crippen molar-refractivity contribution < 1.29 is 14.3 Å². The molecular formula is C26H33ClN4O3S. The van der Waals surface area contributed by atoms with Crippen molar-refractivity contribution in [2.24, 2.45) is 0 Å². The van der Waals surface area contributed by atoms with E-state index in [2.05, 4.69) is 21.7 Å². The number of likely N-dealkylation sites (tertiary alicyclic amines) is 1. The number of para-hydroxylation sites is 1. The van der Waals surface area contributed by atoms with Gasteiger partial charge in [-0.3, -0.25) is 4.79 Å². The zero-order chi connectivity index (χ0) is 24.5. The maximum absolute atomic E-state index is 12.5. The normalized spacial score (nSPS) is 16.5. The Bertz CT molecular complexity index is 1030. The lowest BCUT2D eigenvalue weighted by molar-refractivity contribution is 0.0942. The molecule has 1 aliphatic carbocycles. The molecule has 9 heteroatoms. The molecule has 0 bridgehead atoms. The first-order valence-corrected chi connectivity index (χ1v) is 13.7. The minimum Gasteiger partial charge on any atom is -0.490 e. The van der Waals surface area contributed by atoms with E-state index in [0.717, 1.165) is 24.3 Å². The van der Waals surface area contributed by atoms with E-state index in [-0.39, 0.29) is 17.9 Å². The number of amides is 3. The molecule has 4 rings (SSSR count). The number of rotatable bonds is 9. The van der Waals surface area contributed by atoms with Crippen LogP contribution in [0.2, 0.25) is 5.02 Å². The monoisotopic (exact) mass is 516 g/mol. The summed E-state index contributed by atoms with van der Waals surface area (Å²) in [5.74, 6) is 0.669. The number of halogens is 1. The van der Waals surface area contributed by atoms with Crippen LogP contribution in [-0.4, -0.2) is 54.6 Å². The number of carbonyl (C=O) groups excluding carboxylic acids is 2. The molecular weight excluding hydrogens is 484 g/mol. The van der Waals surface area contributed by atoms with Gasteiger partial charge in [0.2, 0.25) is 0 Å². The smallest absolute Gasteiger partial charge is 0.317 e. The second-order valence-electron chi connectivity index (χ2n) is 8.96. The average molecular weight is 517 g/mol. The second-order valence-corrected chi connectivity index (χ2v) is 10.3. The molecule has 0 atom stereocenters. The van der Waals surface area contributed by atoms with Crippen LogP contribution in [0, 0.1) is 0 Å². The van der Waals surface area contributed by atoms with E-state index < -0.39 is 0 Å². The number of carbonyl (C=O) groups is 2. The SMILES string of the molecule is O=C(NCCOc1ccccc1Cl)c1csc(C2CCN(C(=O)NCCC3=CCCCC3)CC2)n1. The van der Waals surface area contributed by atoms with Crippen molar-refractivity contribution in [1.29, 1.82) is 0 Å². The number of hydrogen-bond acceptors (Lipinski definition) is 5. The Kier molecular flexibility index (Phi) is 9.42. The van der Waals surface area contributed by atoms with Crippen LogP contribution >= 0.6 is 22.9 Å². The molecule has 1 aliphatic heterocycles. The summed E-state index contributed by atoms with van der Waals surface area (Å²) in [6, 6.07) is 7.27. The van der Waals surface area contributed by atoms with Gasteiger partial charge in [0.15, 0.2) is 0 Å². The Labute approximate surface area is 215 Å². The number of thiazole rings is 1. The molecule has 2 aromatic rings. The average Bonchev–Trinajstić information content (AvgIpc) is 3.39. The molecule has 0 unspecified atom stereocenters. The standard InChI is InChI=1S/C26H33ClN4O3S/c27-21-8-4-5-9-23(21)34-17-14-28-24(32)22-18-35-25(30-22)20-11-15-31(16-12-20)26(33)29-13-10-19-6-2-1-3-7-19/h4-6,8-9,18,20H,1-3,7,10-17H2,(H,28,32)(H,29,33). The Morgan fingerprint density at radius 1 is 1.14 bits per heavy atom. The summed E-state index contributed by atoms with van der Waals surface area (Å²) in [4.78, 5) is 31.5. The first kappa shape index (κ1) is 25.5. The summed E-state index contributed by atoms with van der Waals surface area (Å²) in [6.07, 6.45) is 9.91. The number of piperidine rings is 1. The predicted molar refractivity (Wildman–Crippen MR) is 140 cm³/mol. The van der Waals surface area contributed by atoms with E-state index in [4.69, 9.17) is 16.3 Å². The number of aromatic nitrogens is 1. The lowest BCUT2D eigenvalue weighted by atomic mass is 9.97.